The molecule has 112 valence electrons. The number of ether oxygens (including phenoxy) is 1. The van der Waals surface area contributed by atoms with E-state index in [4.69, 9.17) is 0 Å². The van der Waals surface area contributed by atoms with Crippen LogP contribution in [-0.2, 0) is 0 Å². The van der Waals surface area contributed by atoms with E-state index in [1.165, 1.54) is 12.1 Å². The first-order chi connectivity index (χ1) is 9.76. The molecule has 0 fully saturated rings. The number of carbonyl (C=O) groups is 1. The van der Waals surface area contributed by atoms with Crippen LogP contribution in [0.5, 0.6) is 5.75 Å². The number of hydrogen-bond donors (Lipinski definition) is 2. The second-order valence-corrected chi connectivity index (χ2v) is 4.83. The van der Waals surface area contributed by atoms with Crippen molar-refractivity contribution in [2.75, 3.05) is 5.32 Å². The maximum absolute atomic E-state index is 12.0. The number of halogens is 4. The molecule has 2 rings (SSSR count). The summed E-state index contributed by atoms with van der Waals surface area (Å²) in [7, 11) is 0. The Balaban J connectivity index is 2.07. The van der Waals surface area contributed by atoms with Crippen molar-refractivity contribution in [3.63, 3.8) is 0 Å². The predicted octanol–water partition coefficient (Wildman–Crippen LogP) is 3.63. The van der Waals surface area contributed by atoms with Crippen LogP contribution in [0.3, 0.4) is 0 Å². The van der Waals surface area contributed by atoms with Gasteiger partial charge < -0.3 is 10.1 Å². The Kier molecular flexibility index (Phi) is 4.21. The molecule has 0 aliphatic carbocycles. The molecule has 0 saturated heterocycles. The largest absolute Gasteiger partial charge is 0.573 e. The van der Waals surface area contributed by atoms with E-state index in [2.05, 4.69) is 36.2 Å². The molecule has 1 aromatic carbocycles. The Morgan fingerprint density at radius 1 is 1.33 bits per heavy atom. The Morgan fingerprint density at radius 2 is 1.95 bits per heavy atom. The van der Waals surface area contributed by atoms with Gasteiger partial charge >= 0.3 is 6.36 Å². The lowest BCUT2D eigenvalue weighted by atomic mass is 10.3. The highest BCUT2D eigenvalue weighted by Gasteiger charge is 2.31. The smallest absolute Gasteiger partial charge is 0.406 e. The fourth-order valence-electron chi connectivity index (χ4n) is 1.50. The molecular formula is C12H9BrF3N3O2. The Bertz CT molecular complexity index is 653. The van der Waals surface area contributed by atoms with Crippen molar-refractivity contribution in [1.82, 2.24) is 10.2 Å². The third kappa shape index (κ3) is 3.97. The van der Waals surface area contributed by atoms with Crippen LogP contribution in [0.15, 0.2) is 28.7 Å². The summed E-state index contributed by atoms with van der Waals surface area (Å²) in [5.74, 6) is -0.854. The molecule has 0 bridgehead atoms. The molecule has 0 aliphatic rings. The molecule has 1 aromatic heterocycles. The van der Waals surface area contributed by atoms with Crippen LogP contribution in [0, 0.1) is 6.92 Å². The van der Waals surface area contributed by atoms with Crippen LogP contribution in [0.25, 0.3) is 0 Å². The number of aryl methyl sites for hydroxylation is 1. The predicted molar refractivity (Wildman–Crippen MR) is 72.1 cm³/mol. The summed E-state index contributed by atoms with van der Waals surface area (Å²) in [6.45, 7) is 1.73. The Morgan fingerprint density at radius 3 is 2.43 bits per heavy atom. The number of rotatable bonds is 3. The average Bonchev–Trinajstić information content (AvgIpc) is 2.71. The number of carbonyl (C=O) groups excluding carboxylic acids is 1. The minimum atomic E-state index is -4.75. The Labute approximate surface area is 125 Å². The number of H-pyrrole nitrogens is 1. The first kappa shape index (κ1) is 15.4. The minimum Gasteiger partial charge on any atom is -0.406 e. The summed E-state index contributed by atoms with van der Waals surface area (Å²) in [4.78, 5) is 11.9. The van der Waals surface area contributed by atoms with Crippen LogP contribution in [0.4, 0.5) is 18.9 Å². The topological polar surface area (TPSA) is 67.0 Å². The summed E-state index contributed by atoms with van der Waals surface area (Å²) in [6, 6.07) is 4.81. The number of amides is 1. The third-order valence-electron chi connectivity index (χ3n) is 2.43. The highest BCUT2D eigenvalue weighted by atomic mass is 79.9. The molecule has 5 nitrogen and oxygen atoms in total. The van der Waals surface area contributed by atoms with Crippen molar-refractivity contribution in [1.29, 1.82) is 0 Å². The van der Waals surface area contributed by atoms with E-state index >= 15 is 0 Å². The summed E-state index contributed by atoms with van der Waals surface area (Å²) in [5.41, 5.74) is 1.17. The highest BCUT2D eigenvalue weighted by molar-refractivity contribution is 9.10. The standard InChI is InChI=1S/C12H9BrF3N3O2/c1-6-9(13)10(19-18-6)11(20)17-7-2-4-8(5-3-7)21-12(14,15)16/h2-5H,1H3,(H,17,20)(H,18,19). The fraction of sp³-hybridized carbons (Fsp3) is 0.167. The molecule has 0 atom stereocenters. The summed E-state index contributed by atoms with van der Waals surface area (Å²) < 4.78 is 40.3. The first-order valence-corrected chi connectivity index (χ1v) is 6.43. The van der Waals surface area contributed by atoms with Crippen molar-refractivity contribution < 1.29 is 22.7 Å². The van der Waals surface area contributed by atoms with Crippen molar-refractivity contribution in [2.24, 2.45) is 0 Å². The zero-order valence-electron chi connectivity index (χ0n) is 10.6. The van der Waals surface area contributed by atoms with E-state index in [-0.39, 0.29) is 11.4 Å². The number of aromatic nitrogens is 2. The van der Waals surface area contributed by atoms with Crippen molar-refractivity contribution in [3.05, 3.63) is 40.1 Å². The second-order valence-electron chi connectivity index (χ2n) is 4.04. The summed E-state index contributed by atoms with van der Waals surface area (Å²) in [6.07, 6.45) is -4.75. The van der Waals surface area contributed by atoms with Crippen LogP contribution in [0.2, 0.25) is 0 Å². The first-order valence-electron chi connectivity index (χ1n) is 5.64. The van der Waals surface area contributed by atoms with Crippen LogP contribution >= 0.6 is 15.9 Å². The molecule has 0 radical (unpaired) electrons. The maximum atomic E-state index is 12.0. The van der Waals surface area contributed by atoms with E-state index in [1.807, 2.05) is 0 Å². The number of nitrogens with one attached hydrogen (secondary N) is 2. The van der Waals surface area contributed by atoms with Gasteiger partial charge in [0.2, 0.25) is 0 Å². The number of nitrogens with zero attached hydrogens (tertiary/aromatic N) is 1. The van der Waals surface area contributed by atoms with Gasteiger partial charge in [-0.15, -0.1) is 13.2 Å². The summed E-state index contributed by atoms with van der Waals surface area (Å²) >= 11 is 3.21. The molecule has 1 amide bonds. The van der Waals surface area contributed by atoms with Gasteiger partial charge in [-0.2, -0.15) is 5.10 Å². The number of benzene rings is 1. The molecule has 21 heavy (non-hydrogen) atoms. The Hall–Kier alpha value is -2.03. The molecular weight excluding hydrogens is 355 g/mol. The van der Waals surface area contributed by atoms with Gasteiger partial charge in [0.05, 0.1) is 4.47 Å². The number of alkyl halides is 3. The summed E-state index contributed by atoms with van der Waals surface area (Å²) in [5, 5.41) is 8.97. The molecule has 0 unspecified atom stereocenters. The van der Waals surface area contributed by atoms with Gasteiger partial charge in [-0.1, -0.05) is 0 Å². The van der Waals surface area contributed by atoms with Gasteiger partial charge in [-0.3, -0.25) is 9.89 Å². The number of aromatic amines is 1. The van der Waals surface area contributed by atoms with Gasteiger partial charge in [-0.05, 0) is 47.1 Å². The van der Waals surface area contributed by atoms with Crippen molar-refractivity contribution in [3.8, 4) is 5.75 Å². The zero-order valence-corrected chi connectivity index (χ0v) is 12.2. The van der Waals surface area contributed by atoms with E-state index in [9.17, 15) is 18.0 Å². The van der Waals surface area contributed by atoms with E-state index in [1.54, 1.807) is 6.92 Å². The monoisotopic (exact) mass is 363 g/mol. The van der Waals surface area contributed by atoms with Gasteiger partial charge in [0, 0.05) is 11.4 Å². The van der Waals surface area contributed by atoms with Crippen LogP contribution in [-0.4, -0.2) is 22.5 Å². The lowest BCUT2D eigenvalue weighted by molar-refractivity contribution is -0.274. The molecule has 1 heterocycles. The van der Waals surface area contributed by atoms with E-state index in [0.29, 0.717) is 15.9 Å². The van der Waals surface area contributed by atoms with Gasteiger partial charge in [0.25, 0.3) is 5.91 Å². The molecule has 0 spiro atoms. The number of anilines is 1. The average molecular weight is 364 g/mol. The maximum Gasteiger partial charge on any atom is 0.573 e. The SMILES string of the molecule is Cc1[nH]nc(C(=O)Nc2ccc(OC(F)(F)F)cc2)c1Br. The number of hydrogen-bond acceptors (Lipinski definition) is 3. The van der Waals surface area contributed by atoms with Gasteiger partial charge in [0.1, 0.15) is 5.75 Å². The van der Waals surface area contributed by atoms with E-state index in [0.717, 1.165) is 12.1 Å². The highest BCUT2D eigenvalue weighted by Crippen LogP contribution is 2.24. The van der Waals surface area contributed by atoms with Gasteiger partial charge in [0.15, 0.2) is 5.69 Å². The normalized spacial score (nSPS) is 11.3. The van der Waals surface area contributed by atoms with E-state index < -0.39 is 12.3 Å². The molecule has 0 saturated carbocycles. The lowest BCUT2D eigenvalue weighted by Crippen LogP contribution is -2.17. The lowest BCUT2D eigenvalue weighted by Gasteiger charge is -2.09. The second kappa shape index (κ2) is 5.76. The van der Waals surface area contributed by atoms with Crippen molar-refractivity contribution in [2.45, 2.75) is 13.3 Å². The molecule has 2 aromatic rings. The molecule has 9 heteroatoms. The molecule has 0 aliphatic heterocycles. The van der Waals surface area contributed by atoms with Crippen molar-refractivity contribution >= 4 is 27.5 Å². The third-order valence-corrected chi connectivity index (χ3v) is 3.40. The van der Waals surface area contributed by atoms with Gasteiger partial charge in [-0.25, -0.2) is 0 Å². The van der Waals surface area contributed by atoms with Crippen LogP contribution < -0.4 is 10.1 Å². The zero-order chi connectivity index (χ0) is 15.6. The minimum absolute atomic E-state index is 0.156. The molecule has 2 N–H and O–H groups in total. The van der Waals surface area contributed by atoms with Crippen LogP contribution in [0.1, 0.15) is 16.2 Å². The fourth-order valence-corrected chi connectivity index (χ4v) is 1.85. The quantitative estimate of drug-likeness (QED) is 0.874.